The lowest BCUT2D eigenvalue weighted by atomic mass is 10.6. The van der Waals surface area contributed by atoms with Crippen molar-refractivity contribution >= 4 is 17.8 Å². The van der Waals surface area contributed by atoms with Crippen LogP contribution in [-0.2, 0) is 0 Å². The van der Waals surface area contributed by atoms with E-state index in [9.17, 15) is 0 Å². The average molecular weight is 146 g/mol. The van der Waals surface area contributed by atoms with E-state index in [4.69, 9.17) is 5.73 Å². The zero-order valence-corrected chi connectivity index (χ0v) is 7.03. The highest BCUT2D eigenvalue weighted by molar-refractivity contribution is 7.97. The summed E-state index contributed by atoms with van der Waals surface area (Å²) in [6.07, 6.45) is 3.35. The molecule has 9 heavy (non-hydrogen) atoms. The first kappa shape index (κ1) is 11.4. The molecule has 0 rings (SSSR count). The Hall–Kier alpha value is -0.440. The van der Waals surface area contributed by atoms with Crippen LogP contribution in [0.3, 0.4) is 0 Å². The van der Waals surface area contributed by atoms with Crippen molar-refractivity contribution in [3.05, 3.63) is 12.7 Å². The molecule has 0 aromatic carbocycles. The van der Waals surface area contributed by atoms with E-state index in [1.54, 1.807) is 0 Å². The van der Waals surface area contributed by atoms with E-state index < -0.39 is 0 Å². The summed E-state index contributed by atoms with van der Waals surface area (Å²) in [7, 11) is 0. The first-order valence-corrected chi connectivity index (χ1v) is 3.98. The molecule has 0 radical (unpaired) electrons. The van der Waals surface area contributed by atoms with Crippen LogP contribution in [0.4, 0.5) is 0 Å². The molecule has 54 valence electrons. The van der Waals surface area contributed by atoms with Gasteiger partial charge in [0.2, 0.25) is 0 Å². The molecular weight excluding hydrogens is 132 g/mol. The molecule has 0 heterocycles. The van der Waals surface area contributed by atoms with Crippen molar-refractivity contribution in [3.63, 3.8) is 0 Å². The highest BCUT2D eigenvalue weighted by atomic mass is 32.2. The SMILES string of the molecule is C=C/C(N)=N\SC.CC. The second-order valence-electron chi connectivity index (χ2n) is 0.903. The number of hydrogen-bond donors (Lipinski definition) is 1. The Morgan fingerprint density at radius 2 is 2.11 bits per heavy atom. The molecular formula is C6H14N2S. The predicted octanol–water partition coefficient (Wildman–Crippen LogP) is 1.83. The van der Waals surface area contributed by atoms with Gasteiger partial charge in [-0.25, -0.2) is 0 Å². The molecule has 2 N–H and O–H groups in total. The third-order valence-corrected chi connectivity index (χ3v) is 0.799. The fraction of sp³-hybridized carbons (Fsp3) is 0.500. The maximum atomic E-state index is 5.19. The van der Waals surface area contributed by atoms with Gasteiger partial charge in [0.1, 0.15) is 5.84 Å². The van der Waals surface area contributed by atoms with Crippen LogP contribution >= 0.6 is 11.9 Å². The normalized spacial score (nSPS) is 9.44. The van der Waals surface area contributed by atoms with Crippen molar-refractivity contribution in [1.82, 2.24) is 0 Å². The van der Waals surface area contributed by atoms with Crippen LogP contribution in [-0.4, -0.2) is 12.1 Å². The number of hydrogen-bond acceptors (Lipinski definition) is 2. The molecule has 0 saturated carbocycles. The second kappa shape index (κ2) is 10.5. The summed E-state index contributed by atoms with van der Waals surface area (Å²) in [5.74, 6) is 0.479. The minimum Gasteiger partial charge on any atom is -0.383 e. The summed E-state index contributed by atoms with van der Waals surface area (Å²) in [6.45, 7) is 7.41. The van der Waals surface area contributed by atoms with E-state index in [0.717, 1.165) is 0 Å². The van der Waals surface area contributed by atoms with Crippen LogP contribution in [0.15, 0.2) is 17.1 Å². The van der Waals surface area contributed by atoms with Gasteiger partial charge in [-0.05, 0) is 18.0 Å². The van der Waals surface area contributed by atoms with Crippen LogP contribution in [0.1, 0.15) is 13.8 Å². The van der Waals surface area contributed by atoms with Gasteiger partial charge >= 0.3 is 0 Å². The van der Waals surface area contributed by atoms with Gasteiger partial charge in [0.25, 0.3) is 0 Å². The van der Waals surface area contributed by atoms with Gasteiger partial charge in [0.15, 0.2) is 0 Å². The molecule has 0 unspecified atom stereocenters. The molecule has 0 aromatic heterocycles. The topological polar surface area (TPSA) is 38.4 Å². The highest BCUT2D eigenvalue weighted by Crippen LogP contribution is 1.90. The zero-order valence-electron chi connectivity index (χ0n) is 6.22. The minimum absolute atomic E-state index is 0.479. The standard InChI is InChI=1S/C4H8N2S.C2H6/c1-3-4(5)6-7-2;1-2/h3H,1H2,2H3,(H2,5,6);1-2H3. The lowest BCUT2D eigenvalue weighted by Gasteiger charge is -1.83. The van der Waals surface area contributed by atoms with Crippen molar-refractivity contribution in [1.29, 1.82) is 0 Å². The van der Waals surface area contributed by atoms with E-state index >= 15 is 0 Å². The number of nitrogens with zero attached hydrogens (tertiary/aromatic N) is 1. The van der Waals surface area contributed by atoms with Crippen LogP contribution in [0, 0.1) is 0 Å². The van der Waals surface area contributed by atoms with Crippen molar-refractivity contribution < 1.29 is 0 Å². The van der Waals surface area contributed by atoms with Crippen LogP contribution in [0.5, 0.6) is 0 Å². The molecule has 0 fully saturated rings. The first-order chi connectivity index (χ1) is 4.31. The Balaban J connectivity index is 0. The predicted molar refractivity (Wildman–Crippen MR) is 46.7 cm³/mol. The molecule has 0 spiro atoms. The Labute approximate surface area is 61.4 Å². The van der Waals surface area contributed by atoms with Gasteiger partial charge in [0.05, 0.1) is 0 Å². The van der Waals surface area contributed by atoms with Gasteiger partial charge in [-0.1, -0.05) is 20.4 Å². The zero-order chi connectivity index (χ0) is 7.70. The fourth-order valence-electron chi connectivity index (χ4n) is 0.143. The largest absolute Gasteiger partial charge is 0.383 e. The van der Waals surface area contributed by atoms with E-state index in [1.807, 2.05) is 20.1 Å². The summed E-state index contributed by atoms with van der Waals surface area (Å²) in [6, 6.07) is 0. The summed E-state index contributed by atoms with van der Waals surface area (Å²) in [4.78, 5) is 0. The third kappa shape index (κ3) is 11.2. The monoisotopic (exact) mass is 146 g/mol. The van der Waals surface area contributed by atoms with E-state index in [1.165, 1.54) is 18.0 Å². The average Bonchev–Trinajstić information content (AvgIpc) is 1.93. The van der Waals surface area contributed by atoms with Crippen LogP contribution < -0.4 is 5.73 Å². The van der Waals surface area contributed by atoms with E-state index in [-0.39, 0.29) is 0 Å². The summed E-state index contributed by atoms with van der Waals surface area (Å²) in [5, 5.41) is 0. The Morgan fingerprint density at radius 1 is 1.67 bits per heavy atom. The maximum absolute atomic E-state index is 5.19. The molecule has 0 bridgehead atoms. The smallest absolute Gasteiger partial charge is 0.130 e. The third-order valence-electron chi connectivity index (χ3n) is 0.406. The van der Waals surface area contributed by atoms with E-state index in [2.05, 4.69) is 11.0 Å². The molecule has 0 aliphatic heterocycles. The van der Waals surface area contributed by atoms with Gasteiger partial charge in [-0.3, -0.25) is 0 Å². The van der Waals surface area contributed by atoms with E-state index in [0.29, 0.717) is 5.84 Å². The Morgan fingerprint density at radius 3 is 2.22 bits per heavy atom. The number of amidine groups is 1. The Kier molecular flexibility index (Phi) is 13.3. The van der Waals surface area contributed by atoms with Crippen molar-refractivity contribution in [3.8, 4) is 0 Å². The Bertz CT molecular complexity index is 89.1. The molecule has 0 aliphatic rings. The maximum Gasteiger partial charge on any atom is 0.130 e. The van der Waals surface area contributed by atoms with Crippen molar-refractivity contribution in [2.45, 2.75) is 13.8 Å². The van der Waals surface area contributed by atoms with Crippen LogP contribution in [0.25, 0.3) is 0 Å². The van der Waals surface area contributed by atoms with Gasteiger partial charge in [-0.2, -0.15) is 4.40 Å². The molecule has 2 nitrogen and oxygen atoms in total. The molecule has 0 aromatic rings. The van der Waals surface area contributed by atoms with Gasteiger partial charge in [-0.15, -0.1) is 0 Å². The molecule has 3 heteroatoms. The fourth-order valence-corrected chi connectivity index (χ4v) is 0.428. The molecule has 0 amide bonds. The minimum atomic E-state index is 0.479. The number of nitrogens with two attached hydrogens (primary N) is 1. The molecule has 0 saturated heterocycles. The second-order valence-corrected chi connectivity index (χ2v) is 1.45. The summed E-state index contributed by atoms with van der Waals surface area (Å²) < 4.78 is 3.74. The van der Waals surface area contributed by atoms with Gasteiger partial charge in [0, 0.05) is 6.26 Å². The quantitative estimate of drug-likeness (QED) is 0.367. The first-order valence-electron chi connectivity index (χ1n) is 2.80. The number of rotatable bonds is 2. The summed E-state index contributed by atoms with van der Waals surface area (Å²) in [5.41, 5.74) is 5.19. The lowest BCUT2D eigenvalue weighted by molar-refractivity contribution is 1.50. The van der Waals surface area contributed by atoms with Crippen LogP contribution in [0.2, 0.25) is 0 Å². The highest BCUT2D eigenvalue weighted by Gasteiger charge is 1.74. The molecule has 0 aliphatic carbocycles. The van der Waals surface area contributed by atoms with Crippen molar-refractivity contribution in [2.75, 3.05) is 6.26 Å². The molecule has 0 atom stereocenters. The van der Waals surface area contributed by atoms with Gasteiger partial charge < -0.3 is 5.73 Å². The van der Waals surface area contributed by atoms with Crippen molar-refractivity contribution in [2.24, 2.45) is 10.1 Å². The summed E-state index contributed by atoms with van der Waals surface area (Å²) >= 11 is 1.33. The lowest BCUT2D eigenvalue weighted by Crippen LogP contribution is -2.04.